The maximum Gasteiger partial charge on any atom is 0.0202 e. The molecule has 1 saturated carbocycles. The Bertz CT molecular complexity index is 350. The molecule has 0 spiro atoms. The molecule has 1 aromatic carbocycles. The van der Waals surface area contributed by atoms with E-state index in [2.05, 4.69) is 55.2 Å². The lowest BCUT2D eigenvalue weighted by molar-refractivity contribution is 0.309. The molecule has 2 heteroatoms. The van der Waals surface area contributed by atoms with Crippen LogP contribution in [-0.4, -0.2) is 12.3 Å². The van der Waals surface area contributed by atoms with Crippen LogP contribution < -0.4 is 5.32 Å². The van der Waals surface area contributed by atoms with Gasteiger partial charge in [0.15, 0.2) is 0 Å². The fourth-order valence-electron chi connectivity index (χ4n) is 3.05. The highest BCUT2D eigenvalue weighted by molar-refractivity contribution is 8.00. The van der Waals surface area contributed by atoms with Crippen molar-refractivity contribution in [3.8, 4) is 0 Å². The first-order valence-corrected chi connectivity index (χ1v) is 7.95. The lowest BCUT2D eigenvalue weighted by atomic mass is 9.83. The van der Waals surface area contributed by atoms with Crippen LogP contribution in [0.1, 0.15) is 38.7 Å². The lowest BCUT2D eigenvalue weighted by Crippen LogP contribution is -2.21. The smallest absolute Gasteiger partial charge is 0.0202 e. The molecule has 2 atom stereocenters. The molecule has 0 aliphatic heterocycles. The zero-order valence-electron chi connectivity index (χ0n) is 11.8. The highest BCUT2D eigenvalue weighted by atomic mass is 32.2. The number of thioether (sulfide) groups is 1. The van der Waals surface area contributed by atoms with Gasteiger partial charge in [0.05, 0.1) is 0 Å². The summed E-state index contributed by atoms with van der Waals surface area (Å²) in [6, 6.07) is 9.05. The third-order valence-corrected chi connectivity index (χ3v) is 5.00. The average Bonchev–Trinajstić information content (AvgIpc) is 2.31. The summed E-state index contributed by atoms with van der Waals surface area (Å²) in [5.41, 5.74) is 1.37. The first-order chi connectivity index (χ1) is 8.67. The van der Waals surface area contributed by atoms with Gasteiger partial charge in [-0.15, -0.1) is 11.8 Å². The topological polar surface area (TPSA) is 12.0 Å². The Labute approximate surface area is 116 Å². The minimum atomic E-state index is 0.818. The van der Waals surface area contributed by atoms with E-state index in [1.54, 1.807) is 0 Å². The van der Waals surface area contributed by atoms with E-state index in [-0.39, 0.29) is 0 Å². The summed E-state index contributed by atoms with van der Waals surface area (Å²) < 4.78 is 0. The van der Waals surface area contributed by atoms with Crippen LogP contribution in [0.5, 0.6) is 0 Å². The molecule has 1 aromatic rings. The van der Waals surface area contributed by atoms with Crippen LogP contribution in [0.25, 0.3) is 0 Å². The van der Waals surface area contributed by atoms with Gasteiger partial charge in [-0.05, 0) is 55.8 Å². The second kappa shape index (κ2) is 6.63. The average molecular weight is 263 g/mol. The predicted octanol–water partition coefficient (Wildman–Crippen LogP) is 4.32. The van der Waals surface area contributed by atoms with Crippen molar-refractivity contribution in [2.75, 3.05) is 7.05 Å². The summed E-state index contributed by atoms with van der Waals surface area (Å²) in [6.07, 6.45) is 4.18. The van der Waals surface area contributed by atoms with Crippen molar-refractivity contribution in [1.29, 1.82) is 0 Å². The van der Waals surface area contributed by atoms with E-state index in [4.69, 9.17) is 0 Å². The van der Waals surface area contributed by atoms with Gasteiger partial charge in [-0.25, -0.2) is 0 Å². The van der Waals surface area contributed by atoms with Gasteiger partial charge >= 0.3 is 0 Å². The molecule has 1 nitrogen and oxygen atoms in total. The molecule has 0 aromatic heterocycles. The first-order valence-electron chi connectivity index (χ1n) is 7.07. The summed E-state index contributed by atoms with van der Waals surface area (Å²) in [7, 11) is 1.99. The van der Waals surface area contributed by atoms with Gasteiger partial charge < -0.3 is 5.32 Å². The van der Waals surface area contributed by atoms with E-state index in [9.17, 15) is 0 Å². The molecule has 0 heterocycles. The summed E-state index contributed by atoms with van der Waals surface area (Å²) >= 11 is 2.08. The van der Waals surface area contributed by atoms with Gasteiger partial charge in [-0.1, -0.05) is 26.0 Å². The van der Waals surface area contributed by atoms with Crippen molar-refractivity contribution in [3.63, 3.8) is 0 Å². The first kappa shape index (κ1) is 14.0. The van der Waals surface area contributed by atoms with Crippen LogP contribution >= 0.6 is 11.8 Å². The standard InChI is InChI=1S/C16H25NS/c1-12-8-13(2)10-16(9-12)18-15-6-4-14(5-7-15)11-17-3/h4-7,12-13,16-17H,8-11H2,1-3H3. The van der Waals surface area contributed by atoms with Gasteiger partial charge in [0.1, 0.15) is 0 Å². The van der Waals surface area contributed by atoms with Crippen LogP contribution in [0.15, 0.2) is 29.2 Å². The summed E-state index contributed by atoms with van der Waals surface area (Å²) in [5, 5.41) is 4.01. The normalized spacial score (nSPS) is 28.3. The van der Waals surface area contributed by atoms with Crippen molar-refractivity contribution < 1.29 is 0 Å². The minimum Gasteiger partial charge on any atom is -0.316 e. The van der Waals surface area contributed by atoms with Crippen LogP contribution in [0.4, 0.5) is 0 Å². The Kier molecular flexibility index (Phi) is 5.13. The fraction of sp³-hybridized carbons (Fsp3) is 0.625. The monoisotopic (exact) mass is 263 g/mol. The van der Waals surface area contributed by atoms with Gasteiger partial charge in [-0.3, -0.25) is 0 Å². The molecule has 0 saturated heterocycles. The van der Waals surface area contributed by atoms with Crippen molar-refractivity contribution >= 4 is 11.8 Å². The van der Waals surface area contributed by atoms with Gasteiger partial charge in [0.2, 0.25) is 0 Å². The summed E-state index contributed by atoms with van der Waals surface area (Å²) in [4.78, 5) is 1.43. The minimum absolute atomic E-state index is 0.818. The van der Waals surface area contributed by atoms with E-state index in [1.165, 1.54) is 29.7 Å². The molecule has 1 fully saturated rings. The van der Waals surface area contributed by atoms with E-state index in [0.717, 1.165) is 23.6 Å². The van der Waals surface area contributed by atoms with Crippen molar-refractivity contribution in [2.45, 2.75) is 49.8 Å². The van der Waals surface area contributed by atoms with Crippen LogP contribution in [0.2, 0.25) is 0 Å². The molecule has 100 valence electrons. The Balaban J connectivity index is 1.92. The molecular weight excluding hydrogens is 238 g/mol. The molecule has 1 N–H and O–H groups in total. The van der Waals surface area contributed by atoms with E-state index in [1.807, 2.05) is 7.05 Å². The third kappa shape index (κ3) is 4.03. The predicted molar refractivity (Wildman–Crippen MR) is 81.0 cm³/mol. The Morgan fingerprint density at radius 2 is 1.67 bits per heavy atom. The zero-order valence-corrected chi connectivity index (χ0v) is 12.6. The quantitative estimate of drug-likeness (QED) is 0.868. The van der Waals surface area contributed by atoms with Crippen molar-refractivity contribution in [2.24, 2.45) is 11.8 Å². The number of hydrogen-bond acceptors (Lipinski definition) is 2. The molecule has 2 unspecified atom stereocenters. The molecule has 18 heavy (non-hydrogen) atoms. The maximum absolute atomic E-state index is 3.19. The zero-order chi connectivity index (χ0) is 13.0. The largest absolute Gasteiger partial charge is 0.316 e. The SMILES string of the molecule is CNCc1ccc(SC2CC(C)CC(C)C2)cc1. The number of rotatable bonds is 4. The van der Waals surface area contributed by atoms with E-state index in [0.29, 0.717) is 0 Å². The molecule has 2 rings (SSSR count). The Morgan fingerprint density at radius 3 is 2.22 bits per heavy atom. The molecule has 0 amide bonds. The lowest BCUT2D eigenvalue weighted by Gasteiger charge is -2.31. The number of nitrogens with one attached hydrogen (secondary N) is 1. The van der Waals surface area contributed by atoms with Crippen molar-refractivity contribution in [3.05, 3.63) is 29.8 Å². The highest BCUT2D eigenvalue weighted by Gasteiger charge is 2.24. The van der Waals surface area contributed by atoms with Crippen LogP contribution in [0, 0.1) is 11.8 Å². The van der Waals surface area contributed by atoms with E-state index < -0.39 is 0 Å². The summed E-state index contributed by atoms with van der Waals surface area (Å²) in [5.74, 6) is 1.80. The van der Waals surface area contributed by atoms with Gasteiger partial charge in [-0.2, -0.15) is 0 Å². The summed E-state index contributed by atoms with van der Waals surface area (Å²) in [6.45, 7) is 5.76. The second-order valence-electron chi connectivity index (χ2n) is 5.83. The number of benzene rings is 1. The molecule has 1 aliphatic carbocycles. The van der Waals surface area contributed by atoms with E-state index >= 15 is 0 Å². The Morgan fingerprint density at radius 1 is 1.06 bits per heavy atom. The highest BCUT2D eigenvalue weighted by Crippen LogP contribution is 2.38. The molecule has 0 radical (unpaired) electrons. The maximum atomic E-state index is 3.19. The van der Waals surface area contributed by atoms with Gasteiger partial charge in [0.25, 0.3) is 0 Å². The Hall–Kier alpha value is -0.470. The second-order valence-corrected chi connectivity index (χ2v) is 7.21. The molecular formula is C16H25NS. The van der Waals surface area contributed by atoms with Crippen LogP contribution in [-0.2, 0) is 6.54 Å². The van der Waals surface area contributed by atoms with Gasteiger partial charge in [0, 0.05) is 16.7 Å². The number of hydrogen-bond donors (Lipinski definition) is 1. The van der Waals surface area contributed by atoms with Crippen LogP contribution in [0.3, 0.4) is 0 Å². The fourth-order valence-corrected chi connectivity index (χ4v) is 4.58. The molecule has 1 aliphatic rings. The van der Waals surface area contributed by atoms with Crippen molar-refractivity contribution in [1.82, 2.24) is 5.32 Å². The third-order valence-electron chi connectivity index (χ3n) is 3.74. The molecule has 0 bridgehead atoms.